The maximum Gasteiger partial charge on any atom is 0.322 e. The van der Waals surface area contributed by atoms with Crippen LogP contribution in [0.25, 0.3) is 11.3 Å². The lowest BCUT2D eigenvalue weighted by Crippen LogP contribution is -2.46. The van der Waals surface area contributed by atoms with E-state index in [1.807, 2.05) is 84.6 Å². The van der Waals surface area contributed by atoms with Gasteiger partial charge in [0, 0.05) is 42.5 Å². The highest BCUT2D eigenvalue weighted by Crippen LogP contribution is 2.23. The number of hydrogen-bond acceptors (Lipinski definition) is 5. The molecule has 1 N–H and O–H groups in total. The lowest BCUT2D eigenvalue weighted by atomic mass is 10.1. The summed E-state index contributed by atoms with van der Waals surface area (Å²) >= 11 is 6.12. The quantitative estimate of drug-likeness (QED) is 0.290. The van der Waals surface area contributed by atoms with Crippen LogP contribution in [0.1, 0.15) is 24.9 Å². The summed E-state index contributed by atoms with van der Waals surface area (Å²) in [6, 6.07) is 29.9. The maximum absolute atomic E-state index is 13.6. The molecular weight excluding hydrogens is 536 g/mol. The first-order chi connectivity index (χ1) is 20.0. The van der Waals surface area contributed by atoms with Crippen molar-refractivity contribution in [1.29, 1.82) is 0 Å². The Morgan fingerprint density at radius 3 is 2.34 bits per heavy atom. The van der Waals surface area contributed by atoms with Crippen LogP contribution in [0.3, 0.4) is 0 Å². The molecule has 3 amide bonds. The summed E-state index contributed by atoms with van der Waals surface area (Å²) in [6.07, 6.45) is 0.788. The van der Waals surface area contributed by atoms with Gasteiger partial charge in [0.05, 0.1) is 11.7 Å². The summed E-state index contributed by atoms with van der Waals surface area (Å²) in [5.41, 5.74) is 3.36. The minimum atomic E-state index is -0.359. The molecule has 9 heteroatoms. The summed E-state index contributed by atoms with van der Waals surface area (Å²) in [5, 5.41) is 12.3. The number of nitrogens with zero attached hydrogens (tertiary/aromatic N) is 5. The fraction of sp³-hybridized carbons (Fsp3) is 0.250. The van der Waals surface area contributed by atoms with Crippen molar-refractivity contribution in [2.24, 2.45) is 0 Å². The van der Waals surface area contributed by atoms with E-state index < -0.39 is 0 Å². The van der Waals surface area contributed by atoms with E-state index in [-0.39, 0.29) is 24.5 Å². The average Bonchev–Trinajstić information content (AvgIpc) is 3.27. The van der Waals surface area contributed by atoms with E-state index in [2.05, 4.69) is 20.4 Å². The largest absolute Gasteiger partial charge is 0.353 e. The summed E-state index contributed by atoms with van der Waals surface area (Å²) < 4.78 is 0. The minimum absolute atomic E-state index is 0.0476. The standard InChI is InChI=1S/C32H33ClN6O2/c1-24(25-10-4-2-5-11-25)39(32(41)34-28-15-8-14-27(33)22-28)23-31(40)38-19-9-18-37(20-21-38)30-17-16-29(35-36-30)26-12-6-3-7-13-26/h2-8,10-17,22,24H,9,18-21,23H2,1H3,(H,34,41)/t24-/m0/s1. The smallest absolute Gasteiger partial charge is 0.322 e. The summed E-state index contributed by atoms with van der Waals surface area (Å²) in [6.45, 7) is 4.42. The third-order valence-electron chi connectivity index (χ3n) is 7.28. The van der Waals surface area contributed by atoms with Crippen molar-refractivity contribution < 1.29 is 9.59 Å². The van der Waals surface area contributed by atoms with E-state index in [1.165, 1.54) is 0 Å². The highest BCUT2D eigenvalue weighted by Gasteiger charge is 2.28. The van der Waals surface area contributed by atoms with Crippen LogP contribution in [0.5, 0.6) is 0 Å². The zero-order valence-electron chi connectivity index (χ0n) is 23.0. The molecule has 3 aromatic carbocycles. The lowest BCUT2D eigenvalue weighted by Gasteiger charge is -2.31. The highest BCUT2D eigenvalue weighted by atomic mass is 35.5. The number of carbonyl (C=O) groups is 2. The molecule has 1 aromatic heterocycles. The molecule has 1 atom stereocenters. The van der Waals surface area contributed by atoms with Gasteiger partial charge in [0.1, 0.15) is 6.54 Å². The van der Waals surface area contributed by atoms with Gasteiger partial charge in [-0.15, -0.1) is 10.2 Å². The number of hydrogen-bond donors (Lipinski definition) is 1. The van der Waals surface area contributed by atoms with E-state index in [0.717, 1.165) is 35.6 Å². The lowest BCUT2D eigenvalue weighted by molar-refractivity contribution is -0.131. The van der Waals surface area contributed by atoms with Gasteiger partial charge in [-0.2, -0.15) is 0 Å². The van der Waals surface area contributed by atoms with Crippen LogP contribution in [0, 0.1) is 0 Å². The Bertz CT molecular complexity index is 1450. The van der Waals surface area contributed by atoms with Crippen molar-refractivity contribution in [2.75, 3.05) is 42.9 Å². The first kappa shape index (κ1) is 28.1. The van der Waals surface area contributed by atoms with E-state index >= 15 is 0 Å². The number of aromatic nitrogens is 2. The van der Waals surface area contributed by atoms with Crippen molar-refractivity contribution in [1.82, 2.24) is 20.0 Å². The molecule has 0 unspecified atom stereocenters. The third kappa shape index (κ3) is 7.21. The zero-order chi connectivity index (χ0) is 28.6. The maximum atomic E-state index is 13.6. The minimum Gasteiger partial charge on any atom is -0.353 e. The zero-order valence-corrected chi connectivity index (χ0v) is 23.7. The number of carbonyl (C=O) groups excluding carboxylic acids is 2. The fourth-order valence-electron chi connectivity index (χ4n) is 4.96. The predicted molar refractivity (Wildman–Crippen MR) is 163 cm³/mol. The number of rotatable bonds is 7. The van der Waals surface area contributed by atoms with Crippen molar-refractivity contribution in [3.8, 4) is 11.3 Å². The molecule has 8 nitrogen and oxygen atoms in total. The first-order valence-corrected chi connectivity index (χ1v) is 14.2. The Kier molecular flexibility index (Phi) is 9.11. The van der Waals surface area contributed by atoms with Gasteiger partial charge in [-0.05, 0) is 49.2 Å². The number of anilines is 2. The van der Waals surface area contributed by atoms with Crippen LogP contribution in [-0.2, 0) is 4.79 Å². The molecule has 1 saturated heterocycles. The number of benzene rings is 3. The van der Waals surface area contributed by atoms with Crippen molar-refractivity contribution in [3.05, 3.63) is 108 Å². The molecule has 0 radical (unpaired) electrons. The number of nitrogens with one attached hydrogen (secondary N) is 1. The van der Waals surface area contributed by atoms with Gasteiger partial charge in [-0.1, -0.05) is 78.3 Å². The van der Waals surface area contributed by atoms with E-state index in [0.29, 0.717) is 30.3 Å². The second-order valence-corrected chi connectivity index (χ2v) is 10.5. The molecule has 1 fully saturated rings. The van der Waals surface area contributed by atoms with Gasteiger partial charge in [0.2, 0.25) is 5.91 Å². The molecule has 1 aliphatic rings. The van der Waals surface area contributed by atoms with Gasteiger partial charge in [0.25, 0.3) is 0 Å². The molecule has 0 saturated carbocycles. The second-order valence-electron chi connectivity index (χ2n) is 10.0. The van der Waals surface area contributed by atoms with Gasteiger partial charge in [0.15, 0.2) is 5.82 Å². The third-order valence-corrected chi connectivity index (χ3v) is 7.52. The molecular formula is C32H33ClN6O2. The Labute approximate surface area is 245 Å². The van der Waals surface area contributed by atoms with Crippen LogP contribution < -0.4 is 10.2 Å². The number of urea groups is 1. The topological polar surface area (TPSA) is 81.7 Å². The van der Waals surface area contributed by atoms with Crippen molar-refractivity contribution in [3.63, 3.8) is 0 Å². The Hall–Kier alpha value is -4.43. The monoisotopic (exact) mass is 568 g/mol. The van der Waals surface area contributed by atoms with Gasteiger partial charge < -0.3 is 20.0 Å². The predicted octanol–water partition coefficient (Wildman–Crippen LogP) is 6.13. The molecule has 5 rings (SSSR count). The Morgan fingerprint density at radius 1 is 0.878 bits per heavy atom. The Morgan fingerprint density at radius 2 is 1.63 bits per heavy atom. The number of amides is 3. The van der Waals surface area contributed by atoms with Gasteiger partial charge >= 0.3 is 6.03 Å². The van der Waals surface area contributed by atoms with Crippen LogP contribution >= 0.6 is 11.6 Å². The first-order valence-electron chi connectivity index (χ1n) is 13.8. The van der Waals surface area contributed by atoms with Gasteiger partial charge in [-0.25, -0.2) is 4.79 Å². The average molecular weight is 569 g/mol. The van der Waals surface area contributed by atoms with E-state index in [9.17, 15) is 9.59 Å². The van der Waals surface area contributed by atoms with Gasteiger partial charge in [-0.3, -0.25) is 4.79 Å². The second kappa shape index (κ2) is 13.3. The summed E-state index contributed by atoms with van der Waals surface area (Å²) in [5.74, 6) is 0.695. The van der Waals surface area contributed by atoms with Crippen molar-refractivity contribution in [2.45, 2.75) is 19.4 Å². The Balaban J connectivity index is 1.26. The molecule has 0 bridgehead atoms. The van der Waals surface area contributed by atoms with E-state index in [1.54, 1.807) is 29.2 Å². The van der Waals surface area contributed by atoms with Crippen molar-refractivity contribution >= 4 is 35.0 Å². The molecule has 210 valence electrons. The summed E-state index contributed by atoms with van der Waals surface area (Å²) in [7, 11) is 0. The number of halogens is 1. The molecule has 0 spiro atoms. The molecule has 2 heterocycles. The van der Waals surface area contributed by atoms with Crippen LogP contribution in [0.4, 0.5) is 16.3 Å². The highest BCUT2D eigenvalue weighted by molar-refractivity contribution is 6.30. The summed E-state index contributed by atoms with van der Waals surface area (Å²) in [4.78, 5) is 32.6. The van der Waals surface area contributed by atoms with Crippen LogP contribution in [0.2, 0.25) is 5.02 Å². The molecule has 0 aliphatic carbocycles. The van der Waals surface area contributed by atoms with Crippen LogP contribution in [0.15, 0.2) is 97.1 Å². The van der Waals surface area contributed by atoms with E-state index in [4.69, 9.17) is 11.6 Å². The normalized spacial score (nSPS) is 14.2. The fourth-order valence-corrected chi connectivity index (χ4v) is 5.15. The molecule has 41 heavy (non-hydrogen) atoms. The molecule has 4 aromatic rings. The SMILES string of the molecule is C[C@@H](c1ccccc1)N(CC(=O)N1CCCN(c2ccc(-c3ccccc3)nn2)CC1)C(=O)Nc1cccc(Cl)c1. The molecule has 1 aliphatic heterocycles. The van der Waals surface area contributed by atoms with Crippen LogP contribution in [-0.4, -0.2) is 64.7 Å².